The molecule has 1 aliphatic rings. The number of nitrogen functional groups attached to an aromatic ring is 1. The zero-order chi connectivity index (χ0) is 14.0. The molecule has 2 aromatic rings. The molecule has 1 aliphatic carbocycles. The number of anilines is 1. The largest absolute Gasteiger partial charge is 0.399 e. The summed E-state index contributed by atoms with van der Waals surface area (Å²) in [5.74, 6) is 0. The van der Waals surface area contributed by atoms with Crippen LogP contribution in [-0.4, -0.2) is 0 Å². The van der Waals surface area contributed by atoms with Gasteiger partial charge in [-0.05, 0) is 35.3 Å². The highest BCUT2D eigenvalue weighted by atomic mass is 35.5. The van der Waals surface area contributed by atoms with E-state index in [1.54, 1.807) is 0 Å². The lowest BCUT2D eigenvalue weighted by Crippen LogP contribution is -2.34. The molecular formula is C18H20Cl2N2. The first-order valence-electron chi connectivity index (χ1n) is 6.77. The van der Waals surface area contributed by atoms with Crippen molar-refractivity contribution in [3.63, 3.8) is 0 Å². The van der Waals surface area contributed by atoms with E-state index in [4.69, 9.17) is 11.5 Å². The van der Waals surface area contributed by atoms with E-state index in [-0.39, 0.29) is 24.8 Å². The topological polar surface area (TPSA) is 52.0 Å². The van der Waals surface area contributed by atoms with Crippen LogP contribution in [0.4, 0.5) is 5.69 Å². The van der Waals surface area contributed by atoms with Gasteiger partial charge in [0.1, 0.15) is 0 Å². The quantitative estimate of drug-likeness (QED) is 0.804. The van der Waals surface area contributed by atoms with E-state index in [1.165, 1.54) is 11.1 Å². The van der Waals surface area contributed by atoms with Gasteiger partial charge in [0.25, 0.3) is 0 Å². The van der Waals surface area contributed by atoms with Gasteiger partial charge in [-0.1, -0.05) is 60.7 Å². The number of benzene rings is 2. The van der Waals surface area contributed by atoms with Crippen molar-refractivity contribution in [1.82, 2.24) is 0 Å². The van der Waals surface area contributed by atoms with Gasteiger partial charge >= 0.3 is 0 Å². The molecule has 1 atom stereocenters. The number of hydrogen-bond donors (Lipinski definition) is 2. The average Bonchev–Trinajstić information content (AvgIpc) is 2.50. The molecule has 0 fully saturated rings. The minimum atomic E-state index is -0.404. The van der Waals surface area contributed by atoms with Crippen molar-refractivity contribution in [2.75, 3.05) is 5.73 Å². The van der Waals surface area contributed by atoms with Crippen molar-refractivity contribution in [2.24, 2.45) is 5.73 Å². The van der Waals surface area contributed by atoms with Gasteiger partial charge in [-0.25, -0.2) is 0 Å². The fraction of sp³-hybridized carbons (Fsp3) is 0.111. The fourth-order valence-electron chi connectivity index (χ4n) is 2.51. The van der Waals surface area contributed by atoms with Crippen LogP contribution in [0.5, 0.6) is 0 Å². The van der Waals surface area contributed by atoms with Crippen LogP contribution < -0.4 is 11.5 Å². The molecule has 1 unspecified atom stereocenters. The second-order valence-electron chi connectivity index (χ2n) is 5.23. The first kappa shape index (κ1) is 18.3. The second kappa shape index (κ2) is 7.50. The van der Waals surface area contributed by atoms with E-state index in [2.05, 4.69) is 30.4 Å². The summed E-state index contributed by atoms with van der Waals surface area (Å²) in [6.45, 7) is 0. The number of halogens is 2. The molecule has 4 heteroatoms. The Morgan fingerprint density at radius 1 is 0.864 bits per heavy atom. The highest BCUT2D eigenvalue weighted by Crippen LogP contribution is 2.32. The molecular weight excluding hydrogens is 315 g/mol. The zero-order valence-corrected chi connectivity index (χ0v) is 13.7. The third-order valence-electron chi connectivity index (χ3n) is 3.78. The van der Waals surface area contributed by atoms with Crippen LogP contribution in [0.15, 0.2) is 72.8 Å². The first-order chi connectivity index (χ1) is 9.67. The van der Waals surface area contributed by atoms with Gasteiger partial charge in [-0.3, -0.25) is 0 Å². The first-order valence-corrected chi connectivity index (χ1v) is 6.77. The van der Waals surface area contributed by atoms with E-state index in [9.17, 15) is 0 Å². The van der Waals surface area contributed by atoms with Crippen molar-refractivity contribution in [3.05, 3.63) is 84.0 Å². The Labute approximate surface area is 143 Å². The lowest BCUT2D eigenvalue weighted by atomic mass is 9.82. The Hall–Kier alpha value is -1.74. The van der Waals surface area contributed by atoms with Gasteiger partial charge in [-0.2, -0.15) is 0 Å². The minimum absolute atomic E-state index is 0. The molecule has 0 amide bonds. The standard InChI is InChI=1S/C18H18N2.2ClH/c19-17-8-6-14(7-9-17)15-10-12-18(20,13-11-15)16-4-2-1-3-5-16;;/h1-12H,13,19-20H2;2*1H. The molecule has 0 saturated heterocycles. The predicted octanol–water partition coefficient (Wildman–Crippen LogP) is 4.31. The Morgan fingerprint density at radius 3 is 2.05 bits per heavy atom. The molecule has 0 spiro atoms. The van der Waals surface area contributed by atoms with Crippen molar-refractivity contribution < 1.29 is 0 Å². The molecule has 0 heterocycles. The SMILES string of the molecule is Cl.Cl.Nc1ccc(C2=CCC(N)(c3ccccc3)C=C2)cc1. The maximum absolute atomic E-state index is 6.49. The van der Waals surface area contributed by atoms with Crippen molar-refractivity contribution in [2.45, 2.75) is 12.0 Å². The van der Waals surface area contributed by atoms with E-state index < -0.39 is 5.54 Å². The predicted molar refractivity (Wildman–Crippen MR) is 99.4 cm³/mol. The monoisotopic (exact) mass is 334 g/mol. The Kier molecular flexibility index (Phi) is 6.24. The van der Waals surface area contributed by atoms with E-state index in [1.807, 2.05) is 42.5 Å². The van der Waals surface area contributed by atoms with Gasteiger partial charge in [0.05, 0.1) is 5.54 Å². The van der Waals surface area contributed by atoms with Gasteiger partial charge in [0.15, 0.2) is 0 Å². The van der Waals surface area contributed by atoms with E-state index in [0.29, 0.717) is 0 Å². The number of allylic oxidation sites excluding steroid dienone is 2. The van der Waals surface area contributed by atoms with Crippen molar-refractivity contribution in [3.8, 4) is 0 Å². The molecule has 0 aromatic heterocycles. The van der Waals surface area contributed by atoms with Crippen molar-refractivity contribution >= 4 is 36.1 Å². The van der Waals surface area contributed by atoms with Crippen LogP contribution in [0.25, 0.3) is 5.57 Å². The lowest BCUT2D eigenvalue weighted by molar-refractivity contribution is 0.567. The Morgan fingerprint density at radius 2 is 1.50 bits per heavy atom. The molecule has 0 saturated carbocycles. The van der Waals surface area contributed by atoms with Crippen LogP contribution in [0.3, 0.4) is 0 Å². The maximum Gasteiger partial charge on any atom is 0.0633 e. The Bertz CT molecular complexity index is 663. The van der Waals surface area contributed by atoms with Crippen LogP contribution in [0.2, 0.25) is 0 Å². The van der Waals surface area contributed by atoms with E-state index in [0.717, 1.165) is 17.7 Å². The summed E-state index contributed by atoms with van der Waals surface area (Å²) in [6, 6.07) is 18.1. The maximum atomic E-state index is 6.49. The Balaban J connectivity index is 0.00000121. The summed E-state index contributed by atoms with van der Waals surface area (Å²) >= 11 is 0. The fourth-order valence-corrected chi connectivity index (χ4v) is 2.51. The third kappa shape index (κ3) is 3.72. The van der Waals surface area contributed by atoms with Gasteiger partial charge in [-0.15, -0.1) is 24.8 Å². The number of nitrogens with two attached hydrogens (primary N) is 2. The molecule has 4 N–H and O–H groups in total. The van der Waals surface area contributed by atoms with Crippen LogP contribution in [-0.2, 0) is 5.54 Å². The van der Waals surface area contributed by atoms with Crippen molar-refractivity contribution in [1.29, 1.82) is 0 Å². The van der Waals surface area contributed by atoms with Gasteiger partial charge in [0, 0.05) is 5.69 Å². The minimum Gasteiger partial charge on any atom is -0.399 e. The summed E-state index contributed by atoms with van der Waals surface area (Å²) in [5.41, 5.74) is 16.1. The lowest BCUT2D eigenvalue weighted by Gasteiger charge is -2.28. The molecule has 116 valence electrons. The molecule has 22 heavy (non-hydrogen) atoms. The summed E-state index contributed by atoms with van der Waals surface area (Å²) in [4.78, 5) is 0. The third-order valence-corrected chi connectivity index (χ3v) is 3.78. The second-order valence-corrected chi connectivity index (χ2v) is 5.23. The molecule has 0 aliphatic heterocycles. The van der Waals surface area contributed by atoms with Crippen LogP contribution in [0.1, 0.15) is 17.5 Å². The number of hydrogen-bond acceptors (Lipinski definition) is 2. The smallest absolute Gasteiger partial charge is 0.0633 e. The molecule has 2 nitrogen and oxygen atoms in total. The van der Waals surface area contributed by atoms with Gasteiger partial charge < -0.3 is 11.5 Å². The normalized spacial score (nSPS) is 19.6. The number of rotatable bonds is 2. The molecule has 0 bridgehead atoms. The highest BCUT2D eigenvalue weighted by Gasteiger charge is 2.25. The molecule has 0 radical (unpaired) electrons. The molecule has 2 aromatic carbocycles. The van der Waals surface area contributed by atoms with Gasteiger partial charge in [0.2, 0.25) is 0 Å². The van der Waals surface area contributed by atoms with E-state index >= 15 is 0 Å². The summed E-state index contributed by atoms with van der Waals surface area (Å²) in [5, 5.41) is 0. The van der Waals surface area contributed by atoms with Crippen LogP contribution in [0, 0.1) is 0 Å². The summed E-state index contributed by atoms with van der Waals surface area (Å²) in [6.07, 6.45) is 7.18. The molecule has 3 rings (SSSR count). The highest BCUT2D eigenvalue weighted by molar-refractivity contribution is 5.85. The average molecular weight is 335 g/mol. The summed E-state index contributed by atoms with van der Waals surface area (Å²) < 4.78 is 0. The zero-order valence-electron chi connectivity index (χ0n) is 12.1. The van der Waals surface area contributed by atoms with Crippen LogP contribution >= 0.6 is 24.8 Å². The summed E-state index contributed by atoms with van der Waals surface area (Å²) in [7, 11) is 0.